The molecular weight excluding hydrogens is 659 g/mol. The number of halogens is 5. The number of aromatic nitrogens is 2. The van der Waals surface area contributed by atoms with E-state index in [1.807, 2.05) is 68.6 Å². The van der Waals surface area contributed by atoms with E-state index in [1.54, 1.807) is 12.3 Å². The Morgan fingerprint density at radius 3 is 1.61 bits per heavy atom. The van der Waals surface area contributed by atoms with Crippen molar-refractivity contribution in [3.05, 3.63) is 160 Å². The van der Waals surface area contributed by atoms with E-state index in [0.29, 0.717) is 5.56 Å². The van der Waals surface area contributed by atoms with Crippen molar-refractivity contribution in [2.45, 2.75) is 13.8 Å². The van der Waals surface area contributed by atoms with Crippen LogP contribution < -0.4 is 5.46 Å². The average Bonchev–Trinajstić information content (AvgIpc) is 3.05. The van der Waals surface area contributed by atoms with E-state index in [9.17, 15) is 17.6 Å². The molecule has 0 aliphatic heterocycles. The maximum atomic E-state index is 13.9. The van der Waals surface area contributed by atoms with Gasteiger partial charge in [0, 0.05) is 39.0 Å². The summed E-state index contributed by atoms with van der Waals surface area (Å²) in [5, 5.41) is 17.0. The zero-order chi connectivity index (χ0) is 33.2. The van der Waals surface area contributed by atoms with Gasteiger partial charge in [-0.1, -0.05) is 58.4 Å². The first kappa shape index (κ1) is 34.2. The topological polar surface area (TPSA) is 66.2 Å². The summed E-state index contributed by atoms with van der Waals surface area (Å²) in [6.45, 7) is 4.01. The van der Waals surface area contributed by atoms with Crippen molar-refractivity contribution in [2.24, 2.45) is 0 Å². The van der Waals surface area contributed by atoms with Crippen molar-refractivity contribution < 1.29 is 27.6 Å². The molecule has 0 unspecified atom stereocenters. The van der Waals surface area contributed by atoms with Crippen LogP contribution in [0.5, 0.6) is 0 Å². The molecule has 46 heavy (non-hydrogen) atoms. The predicted molar refractivity (Wildman–Crippen MR) is 178 cm³/mol. The van der Waals surface area contributed by atoms with Gasteiger partial charge >= 0.3 is 7.12 Å². The lowest BCUT2D eigenvalue weighted by Crippen LogP contribution is -2.32. The number of pyridine rings is 2. The SMILES string of the molecule is Cc1ccc(-c2cccc(-c3cc(F)ccc3F)c2)nc1.Cc1ccc(-c2cccc(Br)c2)nc1.OB(O)c1cc(F)ccc1F. The van der Waals surface area contributed by atoms with Crippen molar-refractivity contribution in [3.63, 3.8) is 0 Å². The molecule has 0 bridgehead atoms. The van der Waals surface area contributed by atoms with E-state index in [4.69, 9.17) is 10.0 Å². The molecule has 6 aromatic rings. The van der Waals surface area contributed by atoms with Crippen molar-refractivity contribution in [1.82, 2.24) is 9.97 Å². The quantitative estimate of drug-likeness (QED) is 0.144. The highest BCUT2D eigenvalue weighted by molar-refractivity contribution is 9.10. The summed E-state index contributed by atoms with van der Waals surface area (Å²) in [6.07, 6.45) is 3.67. The average molecular weight is 687 g/mol. The molecule has 0 radical (unpaired) electrons. The lowest BCUT2D eigenvalue weighted by atomic mass is 9.80. The monoisotopic (exact) mass is 686 g/mol. The molecule has 0 aliphatic rings. The largest absolute Gasteiger partial charge is 0.491 e. The summed E-state index contributed by atoms with van der Waals surface area (Å²) in [5.74, 6) is -2.42. The second kappa shape index (κ2) is 16.1. The van der Waals surface area contributed by atoms with Gasteiger partial charge in [-0.15, -0.1) is 0 Å². The molecule has 0 fully saturated rings. The number of hydrogen-bond acceptors (Lipinski definition) is 4. The van der Waals surface area contributed by atoms with E-state index < -0.39 is 35.9 Å². The van der Waals surface area contributed by atoms with Crippen LogP contribution in [0.15, 0.2) is 126 Å². The summed E-state index contributed by atoms with van der Waals surface area (Å²) in [7, 11) is -1.97. The molecule has 0 aliphatic carbocycles. The molecule has 10 heteroatoms. The first-order valence-electron chi connectivity index (χ1n) is 14.0. The Balaban J connectivity index is 0.000000167. The van der Waals surface area contributed by atoms with Gasteiger partial charge in [-0.25, -0.2) is 17.6 Å². The van der Waals surface area contributed by atoms with Crippen molar-refractivity contribution in [2.75, 3.05) is 0 Å². The molecule has 0 saturated carbocycles. The molecule has 0 amide bonds. The number of rotatable bonds is 4. The second-order valence-electron chi connectivity index (χ2n) is 10.2. The smallest absolute Gasteiger partial charge is 0.423 e. The predicted octanol–water partition coefficient (Wildman–Crippen LogP) is 8.47. The standard InChI is InChI=1S/C18H13F2N.C12H10BrN.C6H5BF2O2/c1-12-5-8-18(21-11-12)14-4-2-3-13(9-14)16-10-15(19)6-7-17(16)20;1-9-5-6-12(14-8-9)10-3-2-4-11(13)7-10;8-4-1-2-6(9)5(3-4)7(10)11/h2-11H,1H3;2-8H,1H3;1-3,10-11H. The molecular formula is C36H28BBrF4N2O2. The molecule has 4 nitrogen and oxygen atoms in total. The highest BCUT2D eigenvalue weighted by Crippen LogP contribution is 2.28. The Hall–Kier alpha value is -4.64. The highest BCUT2D eigenvalue weighted by atomic mass is 79.9. The van der Waals surface area contributed by atoms with Gasteiger partial charge in [-0.05, 0) is 97.3 Å². The lowest BCUT2D eigenvalue weighted by molar-refractivity contribution is 0.422. The van der Waals surface area contributed by atoms with Crippen LogP contribution >= 0.6 is 15.9 Å². The molecule has 2 N–H and O–H groups in total. The van der Waals surface area contributed by atoms with Gasteiger partial charge < -0.3 is 10.0 Å². The second-order valence-corrected chi connectivity index (χ2v) is 11.1. The van der Waals surface area contributed by atoms with Gasteiger partial charge in [-0.3, -0.25) is 9.97 Å². The summed E-state index contributed by atoms with van der Waals surface area (Å²) < 4.78 is 53.1. The van der Waals surface area contributed by atoms with Crippen LogP contribution in [0, 0.1) is 37.1 Å². The maximum absolute atomic E-state index is 13.9. The lowest BCUT2D eigenvalue weighted by Gasteiger charge is -2.07. The van der Waals surface area contributed by atoms with E-state index in [0.717, 1.165) is 62.9 Å². The Morgan fingerprint density at radius 2 is 1.09 bits per heavy atom. The fraction of sp³-hybridized carbons (Fsp3) is 0.0556. The third-order valence-corrected chi connectivity index (χ3v) is 7.07. The fourth-order valence-corrected chi connectivity index (χ4v) is 4.60. The molecule has 6 rings (SSSR count). The maximum Gasteiger partial charge on any atom is 0.491 e. The Labute approximate surface area is 273 Å². The minimum atomic E-state index is -1.97. The minimum absolute atomic E-state index is 0.254. The van der Waals surface area contributed by atoms with Crippen LogP contribution in [0.3, 0.4) is 0 Å². The van der Waals surface area contributed by atoms with E-state index in [1.165, 1.54) is 11.6 Å². The van der Waals surface area contributed by atoms with Crippen molar-refractivity contribution in [1.29, 1.82) is 0 Å². The normalized spacial score (nSPS) is 10.3. The minimum Gasteiger partial charge on any atom is -0.423 e. The number of aryl methyl sites for hydroxylation is 2. The summed E-state index contributed by atoms with van der Waals surface area (Å²) in [6, 6.07) is 29.4. The van der Waals surface area contributed by atoms with Crippen molar-refractivity contribution >= 4 is 28.5 Å². The van der Waals surface area contributed by atoms with E-state index in [-0.39, 0.29) is 5.56 Å². The number of hydrogen-bond donors (Lipinski definition) is 2. The van der Waals surface area contributed by atoms with Crippen molar-refractivity contribution in [3.8, 4) is 33.6 Å². The van der Waals surface area contributed by atoms with Gasteiger partial charge in [0.25, 0.3) is 0 Å². The van der Waals surface area contributed by atoms with Gasteiger partial charge in [0.15, 0.2) is 0 Å². The van der Waals surface area contributed by atoms with Crippen LogP contribution in [-0.4, -0.2) is 27.1 Å². The molecule has 0 atom stereocenters. The Morgan fingerprint density at radius 1 is 0.565 bits per heavy atom. The zero-order valence-corrected chi connectivity index (χ0v) is 26.4. The molecule has 2 heterocycles. The highest BCUT2D eigenvalue weighted by Gasteiger charge is 2.16. The van der Waals surface area contributed by atoms with Gasteiger partial charge in [0.2, 0.25) is 0 Å². The molecule has 4 aromatic carbocycles. The van der Waals surface area contributed by atoms with Crippen LogP contribution in [0.2, 0.25) is 0 Å². The summed E-state index contributed by atoms with van der Waals surface area (Å²) >= 11 is 3.45. The third kappa shape index (κ3) is 9.68. The Bertz CT molecular complexity index is 1910. The van der Waals surface area contributed by atoms with Crippen LogP contribution in [0.4, 0.5) is 17.6 Å². The first-order valence-corrected chi connectivity index (χ1v) is 14.8. The Kier molecular flexibility index (Phi) is 12.0. The van der Waals surface area contributed by atoms with Crippen LogP contribution in [-0.2, 0) is 0 Å². The number of benzene rings is 4. The van der Waals surface area contributed by atoms with E-state index in [2.05, 4.69) is 44.1 Å². The van der Waals surface area contributed by atoms with Crippen LogP contribution in [0.25, 0.3) is 33.6 Å². The van der Waals surface area contributed by atoms with Crippen LogP contribution in [0.1, 0.15) is 11.1 Å². The van der Waals surface area contributed by atoms with Gasteiger partial charge in [0.1, 0.15) is 23.3 Å². The molecule has 0 spiro atoms. The molecule has 232 valence electrons. The van der Waals surface area contributed by atoms with E-state index >= 15 is 0 Å². The molecule has 0 saturated heterocycles. The fourth-order valence-electron chi connectivity index (χ4n) is 4.20. The first-order chi connectivity index (χ1) is 22.0. The van der Waals surface area contributed by atoms with Gasteiger partial charge in [0.05, 0.1) is 11.4 Å². The number of nitrogens with zero attached hydrogens (tertiary/aromatic N) is 2. The van der Waals surface area contributed by atoms with Gasteiger partial charge in [-0.2, -0.15) is 0 Å². The third-order valence-electron chi connectivity index (χ3n) is 6.58. The summed E-state index contributed by atoms with van der Waals surface area (Å²) in [5.41, 5.74) is 6.52. The summed E-state index contributed by atoms with van der Waals surface area (Å²) in [4.78, 5) is 8.72. The molecule has 2 aromatic heterocycles. The zero-order valence-electron chi connectivity index (χ0n) is 24.8.